The summed E-state index contributed by atoms with van der Waals surface area (Å²) in [4.78, 5) is 27.3. The third-order valence-corrected chi connectivity index (χ3v) is 9.60. The third kappa shape index (κ3) is 5.35. The summed E-state index contributed by atoms with van der Waals surface area (Å²) in [5, 5.41) is 18.8. The Morgan fingerprint density at radius 2 is 0.920 bits per heavy atom. The monoisotopic (exact) mass is 664 g/mol. The standard InChI is InChI=1S/C42H30F2N2O4/c43-29-17-19-37-33(21-29)39(31-5-1-3-7-35(31)45(37)23-25-9-13-27(14-10-25)41(47)48)40-32-6-2-4-8-36(32)46(38-20-18-30(44)22-34(38)40)24-26-11-15-28(16-12-26)42(49)50/h1-20H,21-24H2,(H,47,48)(H,49,50). The average molecular weight is 665 g/mol. The first-order chi connectivity index (χ1) is 24.3. The van der Waals surface area contributed by atoms with Crippen LogP contribution < -0.4 is 9.80 Å². The van der Waals surface area contributed by atoms with Gasteiger partial charge in [0.25, 0.3) is 0 Å². The maximum absolute atomic E-state index is 15.4. The average Bonchev–Trinajstić information content (AvgIpc) is 3.12. The predicted octanol–water partition coefficient (Wildman–Crippen LogP) is 9.61. The predicted molar refractivity (Wildman–Crippen MR) is 190 cm³/mol. The number of carboxylic acids is 2. The summed E-state index contributed by atoms with van der Waals surface area (Å²) >= 11 is 0. The highest BCUT2D eigenvalue weighted by Crippen LogP contribution is 2.55. The molecule has 0 radical (unpaired) electrons. The quantitative estimate of drug-likeness (QED) is 0.205. The third-order valence-electron chi connectivity index (χ3n) is 9.60. The lowest BCUT2D eigenvalue weighted by molar-refractivity contribution is 0.0686. The molecule has 0 spiro atoms. The molecule has 0 saturated heterocycles. The molecule has 2 aliphatic heterocycles. The van der Waals surface area contributed by atoms with Gasteiger partial charge < -0.3 is 20.0 Å². The van der Waals surface area contributed by atoms with Crippen molar-refractivity contribution in [2.75, 3.05) is 9.80 Å². The van der Waals surface area contributed by atoms with Crippen molar-refractivity contribution in [2.45, 2.75) is 25.9 Å². The van der Waals surface area contributed by atoms with Crippen molar-refractivity contribution in [1.82, 2.24) is 0 Å². The summed E-state index contributed by atoms with van der Waals surface area (Å²) in [5.41, 5.74) is 10.7. The number of carbonyl (C=O) groups is 2. The van der Waals surface area contributed by atoms with Crippen LogP contribution >= 0.6 is 0 Å². The van der Waals surface area contributed by atoms with Crippen molar-refractivity contribution >= 4 is 34.5 Å². The zero-order valence-electron chi connectivity index (χ0n) is 26.7. The van der Waals surface area contributed by atoms with Crippen molar-refractivity contribution < 1.29 is 28.6 Å². The molecule has 0 saturated carbocycles. The number of nitrogens with zero attached hydrogens (tertiary/aromatic N) is 2. The second kappa shape index (κ2) is 12.3. The minimum atomic E-state index is -0.996. The first-order valence-electron chi connectivity index (χ1n) is 16.3. The van der Waals surface area contributed by atoms with Crippen molar-refractivity contribution in [3.63, 3.8) is 0 Å². The lowest BCUT2D eigenvalue weighted by atomic mass is 9.75. The van der Waals surface area contributed by atoms with Gasteiger partial charge in [-0.25, -0.2) is 18.4 Å². The Hall–Kier alpha value is -6.28. The minimum Gasteiger partial charge on any atom is -0.478 e. The number of allylic oxidation sites excluding steroid dienone is 10. The van der Waals surface area contributed by atoms with E-state index < -0.39 is 11.9 Å². The molecule has 0 amide bonds. The van der Waals surface area contributed by atoms with E-state index in [9.17, 15) is 19.8 Å². The fourth-order valence-corrected chi connectivity index (χ4v) is 7.32. The SMILES string of the molecule is O=C(O)c1ccc(CN2C3=CC=C(F)CC3=C(C3=C4CC(F)=CC=C4N(Cc4ccc(C(=O)O)cc4)c4ccccc43)c3ccccc32)cc1. The fraction of sp³-hybridized carbons (Fsp3) is 0.0952. The molecule has 2 heterocycles. The Bertz CT molecular complexity index is 2130. The highest BCUT2D eigenvalue weighted by atomic mass is 19.1. The molecule has 2 aliphatic carbocycles. The maximum atomic E-state index is 15.4. The van der Waals surface area contributed by atoms with Gasteiger partial charge in [0.1, 0.15) is 11.7 Å². The van der Waals surface area contributed by atoms with E-state index in [2.05, 4.69) is 9.80 Å². The van der Waals surface area contributed by atoms with Crippen LogP contribution in [0.25, 0.3) is 11.1 Å². The summed E-state index contributed by atoms with van der Waals surface area (Å²) in [7, 11) is 0. The van der Waals surface area contributed by atoms with Gasteiger partial charge in [0.05, 0.1) is 11.1 Å². The Labute approximate surface area is 287 Å². The van der Waals surface area contributed by atoms with E-state index >= 15 is 8.78 Å². The molecule has 0 fully saturated rings. The molecule has 4 aromatic carbocycles. The van der Waals surface area contributed by atoms with Gasteiger partial charge in [-0.15, -0.1) is 0 Å². The van der Waals surface area contributed by atoms with Crippen LogP contribution in [0.1, 0.15) is 55.8 Å². The number of rotatable bonds is 7. The van der Waals surface area contributed by atoms with Crippen LogP contribution in [-0.2, 0) is 13.1 Å². The Balaban J connectivity index is 1.31. The number of halogens is 2. The molecule has 0 aromatic heterocycles. The van der Waals surface area contributed by atoms with Gasteiger partial charge in [-0.2, -0.15) is 0 Å². The van der Waals surface area contributed by atoms with Gasteiger partial charge >= 0.3 is 11.9 Å². The maximum Gasteiger partial charge on any atom is 0.335 e. The molecule has 4 aliphatic rings. The highest BCUT2D eigenvalue weighted by Gasteiger charge is 2.38. The minimum absolute atomic E-state index is 0.0555. The molecule has 50 heavy (non-hydrogen) atoms. The van der Waals surface area contributed by atoms with Crippen molar-refractivity contribution in [1.29, 1.82) is 0 Å². The molecule has 0 unspecified atom stereocenters. The molecule has 2 N–H and O–H groups in total. The summed E-state index contributed by atoms with van der Waals surface area (Å²) in [6.45, 7) is 0.850. The lowest BCUT2D eigenvalue weighted by Gasteiger charge is -2.42. The van der Waals surface area contributed by atoms with Gasteiger partial charge in [-0.05, 0) is 94.1 Å². The number of hydrogen-bond acceptors (Lipinski definition) is 4. The van der Waals surface area contributed by atoms with E-state index in [1.807, 2.05) is 48.5 Å². The van der Waals surface area contributed by atoms with Crippen LogP contribution in [0.5, 0.6) is 0 Å². The van der Waals surface area contributed by atoms with Crippen LogP contribution in [-0.4, -0.2) is 22.2 Å². The van der Waals surface area contributed by atoms with Crippen LogP contribution in [0, 0.1) is 0 Å². The van der Waals surface area contributed by atoms with Crippen LogP contribution in [0.3, 0.4) is 0 Å². The van der Waals surface area contributed by atoms with E-state index in [4.69, 9.17) is 0 Å². The summed E-state index contributed by atoms with van der Waals surface area (Å²) < 4.78 is 30.8. The molecule has 6 nitrogen and oxygen atoms in total. The molecule has 8 heteroatoms. The highest BCUT2D eigenvalue weighted by molar-refractivity contribution is 6.16. The van der Waals surface area contributed by atoms with Gasteiger partial charge in [0.2, 0.25) is 0 Å². The van der Waals surface area contributed by atoms with Gasteiger partial charge in [-0.3, -0.25) is 0 Å². The number of hydrogen-bond donors (Lipinski definition) is 2. The molecular formula is C42H30F2N2O4. The summed E-state index contributed by atoms with van der Waals surface area (Å²) in [6.07, 6.45) is 6.67. The largest absolute Gasteiger partial charge is 0.478 e. The number of aromatic carboxylic acids is 2. The molecule has 0 bridgehead atoms. The fourth-order valence-electron chi connectivity index (χ4n) is 7.32. The number of fused-ring (bicyclic) bond motifs is 4. The molecule has 246 valence electrons. The second-order valence-corrected chi connectivity index (χ2v) is 12.6. The normalized spacial score (nSPS) is 16.4. The zero-order chi connectivity index (χ0) is 34.5. The van der Waals surface area contributed by atoms with Gasteiger partial charge in [0, 0.05) is 59.8 Å². The molecule has 0 atom stereocenters. The van der Waals surface area contributed by atoms with Crippen LogP contribution in [0.4, 0.5) is 20.2 Å². The Morgan fingerprint density at radius 3 is 1.30 bits per heavy atom. The van der Waals surface area contributed by atoms with Crippen molar-refractivity contribution in [3.8, 4) is 0 Å². The van der Waals surface area contributed by atoms with E-state index in [0.29, 0.717) is 13.1 Å². The van der Waals surface area contributed by atoms with Crippen molar-refractivity contribution in [2.24, 2.45) is 0 Å². The number of para-hydroxylation sites is 2. The number of carboxylic acid groups (broad SMARTS) is 2. The molecule has 4 aromatic rings. The second-order valence-electron chi connectivity index (χ2n) is 12.6. The number of benzene rings is 4. The zero-order valence-corrected chi connectivity index (χ0v) is 26.7. The summed E-state index contributed by atoms with van der Waals surface area (Å²) in [5.74, 6) is -2.55. The molecular weight excluding hydrogens is 634 g/mol. The van der Waals surface area contributed by atoms with Crippen molar-refractivity contribution in [3.05, 3.63) is 189 Å². The number of anilines is 2. The van der Waals surface area contributed by atoms with Gasteiger partial charge in [0.15, 0.2) is 0 Å². The van der Waals surface area contributed by atoms with Gasteiger partial charge in [-0.1, -0.05) is 60.7 Å². The Morgan fingerprint density at radius 1 is 0.540 bits per heavy atom. The first-order valence-corrected chi connectivity index (χ1v) is 16.3. The van der Waals surface area contributed by atoms with E-state index in [0.717, 1.165) is 67.3 Å². The van der Waals surface area contributed by atoms with E-state index in [1.54, 1.807) is 60.7 Å². The summed E-state index contributed by atoms with van der Waals surface area (Å²) in [6, 6.07) is 29.4. The Kier molecular flexibility index (Phi) is 7.64. The molecule has 8 rings (SSSR count). The lowest BCUT2D eigenvalue weighted by Crippen LogP contribution is -2.32. The van der Waals surface area contributed by atoms with Crippen LogP contribution in [0.15, 0.2) is 156 Å². The van der Waals surface area contributed by atoms with E-state index in [1.165, 1.54) is 12.2 Å². The van der Waals surface area contributed by atoms with Crippen LogP contribution in [0.2, 0.25) is 0 Å². The smallest absolute Gasteiger partial charge is 0.335 e. The topological polar surface area (TPSA) is 81.1 Å². The first kappa shape index (κ1) is 31.0. The van der Waals surface area contributed by atoms with E-state index in [-0.39, 0.29) is 35.6 Å².